The summed E-state index contributed by atoms with van der Waals surface area (Å²) in [5.41, 5.74) is 1.63. The van der Waals surface area contributed by atoms with Crippen LogP contribution in [0.25, 0.3) is 10.9 Å². The molecule has 3 rings (SSSR count). The van der Waals surface area contributed by atoms with E-state index in [2.05, 4.69) is 20.9 Å². The Morgan fingerprint density at radius 1 is 1.32 bits per heavy atom. The van der Waals surface area contributed by atoms with Crippen molar-refractivity contribution >= 4 is 40.3 Å². The van der Waals surface area contributed by atoms with Crippen molar-refractivity contribution in [3.63, 3.8) is 0 Å². The first-order valence-electron chi connectivity index (χ1n) is 9.89. The number of fused-ring (bicyclic) bond motifs is 1. The minimum absolute atomic E-state index is 0.108. The third-order valence-electron chi connectivity index (χ3n) is 5.08. The largest absolute Gasteiger partial charge is 0.335 e. The van der Waals surface area contributed by atoms with Crippen molar-refractivity contribution in [3.05, 3.63) is 51.6 Å². The Bertz CT molecular complexity index is 1120. The number of urea groups is 1. The first kappa shape index (κ1) is 22.5. The molecule has 1 aliphatic rings. The van der Waals surface area contributed by atoms with Gasteiger partial charge < -0.3 is 10.6 Å². The van der Waals surface area contributed by atoms with Crippen LogP contribution in [0.15, 0.2) is 34.6 Å². The lowest BCUT2D eigenvalue weighted by Crippen LogP contribution is -2.45. The Morgan fingerprint density at radius 3 is 2.81 bits per heavy atom. The standard InChI is InChI=1S/C21H24ClN5O4/c1-12(10-22)8-9-23-21(31)24-11-14-4-3-5-15-18(14)20(30)27(13(2)25-15)16-6-7-17(28)26-19(16)29/h3-5,8,16H,6-7,9-11H2,1-2H3,(H2,23,24,31)(H,26,28,29)/b12-8+. The van der Waals surface area contributed by atoms with E-state index >= 15 is 0 Å². The highest BCUT2D eigenvalue weighted by Crippen LogP contribution is 2.21. The second kappa shape index (κ2) is 9.74. The van der Waals surface area contributed by atoms with Gasteiger partial charge in [0.1, 0.15) is 11.9 Å². The summed E-state index contributed by atoms with van der Waals surface area (Å²) in [6, 6.07) is 4.01. The molecule has 3 N–H and O–H groups in total. The number of nitrogens with zero attached hydrogens (tertiary/aromatic N) is 2. The zero-order valence-electron chi connectivity index (χ0n) is 17.3. The van der Waals surface area contributed by atoms with Crippen LogP contribution in [0, 0.1) is 6.92 Å². The fourth-order valence-electron chi connectivity index (χ4n) is 3.48. The van der Waals surface area contributed by atoms with E-state index in [0.717, 1.165) is 5.57 Å². The van der Waals surface area contributed by atoms with Gasteiger partial charge in [0.2, 0.25) is 11.8 Å². The highest BCUT2D eigenvalue weighted by molar-refractivity contribution is 6.19. The molecule has 9 nitrogen and oxygen atoms in total. The first-order valence-corrected chi connectivity index (χ1v) is 10.4. The molecule has 0 aliphatic carbocycles. The molecule has 4 amide bonds. The van der Waals surface area contributed by atoms with Gasteiger partial charge in [-0.1, -0.05) is 23.8 Å². The number of rotatable bonds is 6. The summed E-state index contributed by atoms with van der Waals surface area (Å²) in [7, 11) is 0. The van der Waals surface area contributed by atoms with Gasteiger partial charge in [0.15, 0.2) is 0 Å². The average molecular weight is 446 g/mol. The highest BCUT2D eigenvalue weighted by atomic mass is 35.5. The first-order chi connectivity index (χ1) is 14.8. The fraction of sp³-hybridized carbons (Fsp3) is 0.381. The van der Waals surface area contributed by atoms with Gasteiger partial charge in [-0.15, -0.1) is 11.6 Å². The van der Waals surface area contributed by atoms with E-state index in [0.29, 0.717) is 34.7 Å². The van der Waals surface area contributed by atoms with E-state index in [-0.39, 0.29) is 36.9 Å². The fourth-order valence-corrected chi connectivity index (χ4v) is 3.58. The van der Waals surface area contributed by atoms with Crippen LogP contribution < -0.4 is 21.5 Å². The number of allylic oxidation sites excluding steroid dienone is 1. The number of benzene rings is 1. The Morgan fingerprint density at radius 2 is 2.10 bits per heavy atom. The Kier molecular flexibility index (Phi) is 7.06. The highest BCUT2D eigenvalue weighted by Gasteiger charge is 2.30. The number of nitrogens with one attached hydrogen (secondary N) is 3. The molecule has 0 bridgehead atoms. The van der Waals surface area contributed by atoms with E-state index in [9.17, 15) is 19.2 Å². The van der Waals surface area contributed by atoms with Crippen LogP contribution in [0.2, 0.25) is 0 Å². The van der Waals surface area contributed by atoms with E-state index in [1.807, 2.05) is 13.0 Å². The lowest BCUT2D eigenvalue weighted by atomic mass is 10.0. The van der Waals surface area contributed by atoms with Gasteiger partial charge in [0.05, 0.1) is 10.9 Å². The van der Waals surface area contributed by atoms with Crippen LogP contribution in [-0.4, -0.2) is 39.8 Å². The van der Waals surface area contributed by atoms with Crippen LogP contribution >= 0.6 is 11.6 Å². The van der Waals surface area contributed by atoms with Crippen molar-refractivity contribution < 1.29 is 14.4 Å². The number of carbonyl (C=O) groups excluding carboxylic acids is 3. The molecular weight excluding hydrogens is 422 g/mol. The molecule has 0 radical (unpaired) electrons. The molecular formula is C21H24ClN5O4. The van der Waals surface area contributed by atoms with Gasteiger partial charge in [0.25, 0.3) is 5.56 Å². The second-order valence-electron chi connectivity index (χ2n) is 7.36. The number of aryl methyl sites for hydroxylation is 1. The minimum atomic E-state index is -0.802. The minimum Gasteiger partial charge on any atom is -0.335 e. The number of carbonyl (C=O) groups is 3. The smallest absolute Gasteiger partial charge is 0.315 e. The summed E-state index contributed by atoms with van der Waals surface area (Å²) in [5, 5.41) is 8.02. The van der Waals surface area contributed by atoms with Gasteiger partial charge in [-0.3, -0.25) is 24.3 Å². The van der Waals surface area contributed by atoms with E-state index in [1.165, 1.54) is 4.57 Å². The number of piperidine rings is 1. The maximum Gasteiger partial charge on any atom is 0.315 e. The van der Waals surface area contributed by atoms with Crippen molar-refractivity contribution in [3.8, 4) is 0 Å². The molecule has 1 saturated heterocycles. The SMILES string of the molecule is C/C(=C\CNC(=O)NCc1cccc2nc(C)n(C3CCC(=O)NC3=O)c(=O)c12)CCl. The van der Waals surface area contributed by atoms with Gasteiger partial charge in [-0.2, -0.15) is 0 Å². The number of aromatic nitrogens is 2. The number of halogens is 1. The Hall–Kier alpha value is -3.20. The summed E-state index contributed by atoms with van der Waals surface area (Å²) in [5.74, 6) is -0.0904. The molecule has 1 aliphatic heterocycles. The maximum absolute atomic E-state index is 13.3. The van der Waals surface area contributed by atoms with E-state index in [1.54, 1.807) is 25.1 Å². The van der Waals surface area contributed by atoms with Gasteiger partial charge in [-0.05, 0) is 31.9 Å². The predicted molar refractivity (Wildman–Crippen MR) is 117 cm³/mol. The quantitative estimate of drug-likeness (QED) is 0.354. The van der Waals surface area contributed by atoms with Crippen molar-refractivity contribution in [2.45, 2.75) is 39.3 Å². The molecule has 31 heavy (non-hydrogen) atoms. The molecule has 1 aromatic carbocycles. The third-order valence-corrected chi connectivity index (χ3v) is 5.50. The third kappa shape index (κ3) is 5.11. The number of amides is 4. The molecule has 1 atom stereocenters. The second-order valence-corrected chi connectivity index (χ2v) is 7.63. The monoisotopic (exact) mass is 445 g/mol. The zero-order valence-corrected chi connectivity index (χ0v) is 18.1. The molecule has 0 saturated carbocycles. The number of hydrogen-bond donors (Lipinski definition) is 3. The van der Waals surface area contributed by atoms with Gasteiger partial charge >= 0.3 is 6.03 Å². The molecule has 2 heterocycles. The Labute approximate surface area is 183 Å². The molecule has 1 unspecified atom stereocenters. The van der Waals surface area contributed by atoms with Crippen molar-refractivity contribution in [1.82, 2.24) is 25.5 Å². The maximum atomic E-state index is 13.3. The van der Waals surface area contributed by atoms with Crippen LogP contribution in [0.3, 0.4) is 0 Å². The normalized spacial score (nSPS) is 16.9. The Balaban J connectivity index is 1.86. The topological polar surface area (TPSA) is 122 Å². The summed E-state index contributed by atoms with van der Waals surface area (Å²) in [6.07, 6.45) is 2.20. The van der Waals surface area contributed by atoms with Crippen molar-refractivity contribution in [2.24, 2.45) is 0 Å². The molecule has 1 aromatic heterocycles. The summed E-state index contributed by atoms with van der Waals surface area (Å²) in [4.78, 5) is 53.7. The summed E-state index contributed by atoms with van der Waals surface area (Å²) >= 11 is 5.70. The lowest BCUT2D eigenvalue weighted by molar-refractivity contribution is -0.135. The molecule has 1 fully saturated rings. The number of alkyl halides is 1. The van der Waals surface area contributed by atoms with E-state index < -0.39 is 11.9 Å². The summed E-state index contributed by atoms with van der Waals surface area (Å²) < 4.78 is 1.33. The number of hydrogen-bond acceptors (Lipinski definition) is 5. The van der Waals surface area contributed by atoms with Crippen molar-refractivity contribution in [2.75, 3.05) is 12.4 Å². The van der Waals surface area contributed by atoms with Crippen LogP contribution in [-0.2, 0) is 16.1 Å². The zero-order chi connectivity index (χ0) is 22.5. The van der Waals surface area contributed by atoms with Crippen molar-refractivity contribution in [1.29, 1.82) is 0 Å². The van der Waals surface area contributed by atoms with Crippen LogP contribution in [0.4, 0.5) is 4.79 Å². The number of imide groups is 1. The summed E-state index contributed by atoms with van der Waals surface area (Å²) in [6.45, 7) is 3.96. The molecule has 2 aromatic rings. The molecule has 164 valence electrons. The van der Waals surface area contributed by atoms with Gasteiger partial charge in [0, 0.05) is 25.4 Å². The van der Waals surface area contributed by atoms with E-state index in [4.69, 9.17) is 11.6 Å². The lowest BCUT2D eigenvalue weighted by Gasteiger charge is -2.24. The predicted octanol–water partition coefficient (Wildman–Crippen LogP) is 1.67. The molecule has 0 spiro atoms. The van der Waals surface area contributed by atoms with Crippen LogP contribution in [0.5, 0.6) is 0 Å². The average Bonchev–Trinajstić information content (AvgIpc) is 2.73. The molecule has 10 heteroatoms. The van der Waals surface area contributed by atoms with Crippen LogP contribution in [0.1, 0.15) is 37.2 Å². The van der Waals surface area contributed by atoms with Gasteiger partial charge in [-0.25, -0.2) is 9.78 Å².